The van der Waals surface area contributed by atoms with Crippen LogP contribution in [0.4, 0.5) is 0 Å². The first-order valence-electron chi connectivity index (χ1n) is 37.1. The number of methoxy groups -OCH3 is 2. The van der Waals surface area contributed by atoms with Crippen LogP contribution >= 0.6 is 0 Å². The van der Waals surface area contributed by atoms with E-state index in [-0.39, 0.29) is 75.6 Å². The second-order valence-electron chi connectivity index (χ2n) is 31.9. The molecule has 4 heterocycles. The molecule has 0 amide bonds. The van der Waals surface area contributed by atoms with Crippen LogP contribution in [0.15, 0.2) is 133 Å². The van der Waals surface area contributed by atoms with Crippen LogP contribution in [0.3, 0.4) is 0 Å². The highest BCUT2D eigenvalue weighted by Crippen LogP contribution is 2.68. The fourth-order valence-corrected chi connectivity index (χ4v) is 22.5. The summed E-state index contributed by atoms with van der Waals surface area (Å²) in [6, 6.07) is 49.5. The molecule has 8 aromatic carbocycles. The Kier molecular flexibility index (Phi) is 15.2. The summed E-state index contributed by atoms with van der Waals surface area (Å²) in [6.45, 7) is 2.13. The van der Waals surface area contributed by atoms with Crippen molar-refractivity contribution in [2.24, 2.45) is 34.5 Å². The second kappa shape index (κ2) is 24.4. The Morgan fingerprint density at radius 3 is 0.680 bits per heavy atom. The maximum Gasteiger partial charge on any atom is 0.311 e. The minimum absolute atomic E-state index is 0.0570. The number of ether oxygens (including phenoxy) is 10. The lowest BCUT2D eigenvalue weighted by Gasteiger charge is -2.61. The van der Waals surface area contributed by atoms with E-state index in [1.54, 1.807) is 14.2 Å². The number of benzene rings is 8. The van der Waals surface area contributed by atoms with Gasteiger partial charge in [0.05, 0.1) is 25.0 Å². The van der Waals surface area contributed by atoms with Crippen molar-refractivity contribution in [2.75, 3.05) is 67.1 Å². The van der Waals surface area contributed by atoms with Crippen LogP contribution in [0.2, 0.25) is 0 Å². The number of carbonyl (C=O) groups is 2. The van der Waals surface area contributed by atoms with Gasteiger partial charge in [-0.3, -0.25) is 9.59 Å². The average Bonchev–Trinajstić information content (AvgIpc) is 0.710. The predicted molar refractivity (Wildman–Crippen MR) is 380 cm³/mol. The van der Waals surface area contributed by atoms with Gasteiger partial charge in [-0.2, -0.15) is 0 Å². The fourth-order valence-electron chi connectivity index (χ4n) is 22.5. The second-order valence-corrected chi connectivity index (χ2v) is 31.9. The zero-order valence-corrected chi connectivity index (χ0v) is 57.7. The van der Waals surface area contributed by atoms with Gasteiger partial charge in [0, 0.05) is 51.4 Å². The van der Waals surface area contributed by atoms with E-state index in [2.05, 4.69) is 133 Å². The molecule has 10 aliphatic carbocycles. The molecule has 0 saturated heterocycles. The zero-order chi connectivity index (χ0) is 66.9. The van der Waals surface area contributed by atoms with Gasteiger partial charge in [-0.25, -0.2) is 0 Å². The van der Waals surface area contributed by atoms with Gasteiger partial charge in [-0.1, -0.05) is 133 Å². The molecule has 32 bridgehead atoms. The Labute approximate surface area is 586 Å². The third-order valence-electron chi connectivity index (χ3n) is 25.5. The van der Waals surface area contributed by atoms with E-state index >= 15 is 0 Å². The topological polar surface area (TPSA) is 126 Å². The van der Waals surface area contributed by atoms with Crippen molar-refractivity contribution in [3.63, 3.8) is 0 Å². The van der Waals surface area contributed by atoms with E-state index in [1.165, 1.54) is 11.1 Å². The quantitative estimate of drug-likeness (QED) is 0.156. The summed E-state index contributed by atoms with van der Waals surface area (Å²) in [6.07, 6.45) is 15.5. The highest BCUT2D eigenvalue weighted by molar-refractivity contribution is 5.79. The lowest BCUT2D eigenvalue weighted by molar-refractivity contribution is -0.171. The summed E-state index contributed by atoms with van der Waals surface area (Å²) in [5.74, 6) is 8.17. The van der Waals surface area contributed by atoms with Crippen LogP contribution in [0.1, 0.15) is 177 Å². The molecule has 100 heavy (non-hydrogen) atoms. The number of para-hydroxylation sites is 6. The molecule has 0 N–H and O–H groups in total. The Hall–Kier alpha value is -8.90. The molecular formula is C88H88O12. The summed E-state index contributed by atoms with van der Waals surface area (Å²) in [5, 5.41) is 0. The molecule has 8 atom stereocenters. The van der Waals surface area contributed by atoms with E-state index in [4.69, 9.17) is 47.4 Å². The highest BCUT2D eigenvalue weighted by Gasteiger charge is 2.63. The number of esters is 2. The van der Waals surface area contributed by atoms with Crippen LogP contribution < -0.4 is 37.9 Å². The van der Waals surface area contributed by atoms with E-state index in [0.29, 0.717) is 75.0 Å². The standard InChI is InChI=1S/C88H88O12/c1-91-83(89)87-47-53-29-54(48-87)44-85(43-53,51-87)73-39-69-35-65-17-7-19-67-37-71-41-74(86-45-55-30-56(46-86)50-88(49-55,52-86)84(90)92-2)42-72-38-68-20-8-18-66-36-70(40-73)81(69)99-27-25-95-77-61-13-5-14-62(77)32-58-10-4-12-60(76(58)94-22-24-98-80(66)68)34-64-16-6-15-63(78(64)96-26-28-100-82(71)72)33-59-11-3-9-57(31-61)75(59)93-21-23-97-79(65)67/h3-20,39-42,53-56H,21-38,43-52H2,1-2H3/t53-,54+,55-,56+,85?,86?,87?,88?. The smallest absolute Gasteiger partial charge is 0.311 e. The lowest BCUT2D eigenvalue weighted by atomic mass is 9.43. The van der Waals surface area contributed by atoms with E-state index in [1.807, 2.05) is 0 Å². The van der Waals surface area contributed by atoms with E-state index in [9.17, 15) is 9.59 Å². The lowest BCUT2D eigenvalue weighted by Crippen LogP contribution is -2.57. The maximum atomic E-state index is 14.3. The largest absolute Gasteiger partial charge is 0.489 e. The van der Waals surface area contributed by atoms with Crippen molar-refractivity contribution < 1.29 is 57.0 Å². The van der Waals surface area contributed by atoms with Crippen molar-refractivity contribution in [3.8, 4) is 46.0 Å². The monoisotopic (exact) mass is 1340 g/mol. The molecule has 4 aliphatic heterocycles. The fraction of sp³-hybridized carbons (Fsp3) is 0.432. The number of rotatable bonds is 4. The van der Waals surface area contributed by atoms with Crippen molar-refractivity contribution >= 4 is 11.9 Å². The summed E-state index contributed by atoms with van der Waals surface area (Å²) in [4.78, 5) is 28.7. The van der Waals surface area contributed by atoms with Crippen molar-refractivity contribution in [1.29, 1.82) is 0 Å². The van der Waals surface area contributed by atoms with Crippen molar-refractivity contribution in [3.05, 3.63) is 234 Å². The third kappa shape index (κ3) is 10.6. The van der Waals surface area contributed by atoms with Crippen LogP contribution in [0, 0.1) is 34.5 Å². The summed E-state index contributed by atoms with van der Waals surface area (Å²) in [7, 11) is 3.16. The van der Waals surface area contributed by atoms with Gasteiger partial charge in [-0.15, -0.1) is 0 Å². The number of fused-ring (bicyclic) bond motifs is 12. The summed E-state index contributed by atoms with van der Waals surface area (Å²) in [5.41, 5.74) is 17.7. The van der Waals surface area contributed by atoms with Gasteiger partial charge < -0.3 is 47.4 Å². The summed E-state index contributed by atoms with van der Waals surface area (Å²) >= 11 is 0. The Morgan fingerprint density at radius 1 is 0.290 bits per heavy atom. The zero-order valence-electron chi connectivity index (χ0n) is 57.7. The highest BCUT2D eigenvalue weighted by atomic mass is 16.5. The van der Waals surface area contributed by atoms with Crippen molar-refractivity contribution in [2.45, 2.75) is 139 Å². The van der Waals surface area contributed by atoms with Gasteiger partial charge in [-0.05, 0) is 212 Å². The molecule has 12 nitrogen and oxygen atoms in total. The Bertz CT molecular complexity index is 4140. The summed E-state index contributed by atoms with van der Waals surface area (Å²) < 4.78 is 71.1. The molecule has 8 fully saturated rings. The molecule has 8 saturated carbocycles. The number of hydrogen-bond acceptors (Lipinski definition) is 12. The predicted octanol–water partition coefficient (Wildman–Crippen LogP) is 15.8. The van der Waals surface area contributed by atoms with Gasteiger partial charge >= 0.3 is 11.9 Å². The molecule has 512 valence electrons. The van der Waals surface area contributed by atoms with Gasteiger partial charge in [0.2, 0.25) is 0 Å². The molecule has 14 aliphatic rings. The van der Waals surface area contributed by atoms with Crippen LogP contribution in [-0.4, -0.2) is 79.0 Å². The molecule has 8 aromatic rings. The first kappa shape index (κ1) is 62.1. The molecule has 4 unspecified atom stereocenters. The molecule has 0 radical (unpaired) electrons. The minimum atomic E-state index is -0.525. The minimum Gasteiger partial charge on any atom is -0.489 e. The molecule has 0 spiro atoms. The molecule has 12 heteroatoms. The first-order valence-corrected chi connectivity index (χ1v) is 37.1. The van der Waals surface area contributed by atoms with Crippen LogP contribution in [0.5, 0.6) is 46.0 Å². The molecule has 0 aromatic heterocycles. The van der Waals surface area contributed by atoms with Gasteiger partial charge in [0.15, 0.2) is 0 Å². The Morgan fingerprint density at radius 2 is 0.480 bits per heavy atom. The SMILES string of the molecule is COC(=O)C12C[C@H]3C[C@@H](C1)CC(c1cc4c5c(c1)Cc1cccc6c1OCCOc1c7cccc1Cc1cccc8c1OCCOc1c(cc(C9%10C[C@@H]%11C[C@@H](CC(C(=O)OC)(C%11)C9)C%10)cc1C6)Cc1cccc(c1OCCOc1c(cccc1C8)Cc1cccc(c1OCCO5)C7)C4)(C3)C2. The number of hydrogen-bond donors (Lipinski definition) is 0. The normalized spacial score (nSPS) is 27.1. The van der Waals surface area contributed by atoms with E-state index < -0.39 is 10.8 Å². The first-order chi connectivity index (χ1) is 49.0. The van der Waals surface area contributed by atoms with E-state index in [0.717, 1.165) is 212 Å². The van der Waals surface area contributed by atoms with Crippen LogP contribution in [-0.2, 0) is 81.3 Å². The van der Waals surface area contributed by atoms with Gasteiger partial charge in [0.25, 0.3) is 0 Å². The Balaban J connectivity index is 0.879. The molecule has 22 rings (SSSR count). The van der Waals surface area contributed by atoms with Crippen LogP contribution in [0.25, 0.3) is 0 Å². The van der Waals surface area contributed by atoms with Crippen molar-refractivity contribution in [1.82, 2.24) is 0 Å². The average molecular weight is 1340 g/mol. The number of carbonyl (C=O) groups excluding carboxylic acids is 2. The molecular weight excluding hydrogens is 1250 g/mol. The van der Waals surface area contributed by atoms with Gasteiger partial charge in [0.1, 0.15) is 98.9 Å². The third-order valence-corrected chi connectivity index (χ3v) is 25.5. The maximum absolute atomic E-state index is 14.3.